The van der Waals surface area contributed by atoms with E-state index in [0.29, 0.717) is 6.04 Å². The maximum atomic E-state index is 9.38. The van der Waals surface area contributed by atoms with E-state index in [2.05, 4.69) is 24.0 Å². The molecule has 1 unspecified atom stereocenters. The highest BCUT2D eigenvalue weighted by Crippen LogP contribution is 2.39. The molecule has 1 aliphatic carbocycles. The van der Waals surface area contributed by atoms with E-state index in [1.807, 2.05) is 12.1 Å². The zero-order valence-corrected chi connectivity index (χ0v) is 11.7. The molecule has 2 heteroatoms. The van der Waals surface area contributed by atoms with Crippen LogP contribution in [0.5, 0.6) is 0 Å². The summed E-state index contributed by atoms with van der Waals surface area (Å²) in [5, 5.41) is 9.38. The van der Waals surface area contributed by atoms with Crippen molar-refractivity contribution in [2.45, 2.75) is 51.5 Å². The fraction of sp³-hybridized carbons (Fsp3) is 0.588. The molecule has 0 radical (unpaired) electrons. The first-order chi connectivity index (χ1) is 9.31. The van der Waals surface area contributed by atoms with Gasteiger partial charge in [0, 0.05) is 12.6 Å². The van der Waals surface area contributed by atoms with Crippen LogP contribution in [0.2, 0.25) is 0 Å². The van der Waals surface area contributed by atoms with Gasteiger partial charge in [0.1, 0.15) is 6.07 Å². The van der Waals surface area contributed by atoms with Gasteiger partial charge < -0.3 is 4.90 Å². The molecule has 100 valence electrons. The molecule has 2 aliphatic rings. The van der Waals surface area contributed by atoms with Crippen molar-refractivity contribution in [3.63, 3.8) is 0 Å². The molecule has 0 amide bonds. The van der Waals surface area contributed by atoms with Crippen LogP contribution in [-0.4, -0.2) is 12.6 Å². The van der Waals surface area contributed by atoms with Gasteiger partial charge in [-0.25, -0.2) is 0 Å². The van der Waals surface area contributed by atoms with Gasteiger partial charge in [-0.3, -0.25) is 0 Å². The van der Waals surface area contributed by atoms with Gasteiger partial charge >= 0.3 is 0 Å². The van der Waals surface area contributed by atoms with Crippen molar-refractivity contribution in [2.75, 3.05) is 11.4 Å². The topological polar surface area (TPSA) is 27.0 Å². The van der Waals surface area contributed by atoms with Gasteiger partial charge in [-0.1, -0.05) is 25.0 Å². The molecule has 1 atom stereocenters. The third-order valence-corrected chi connectivity index (χ3v) is 4.89. The van der Waals surface area contributed by atoms with E-state index in [4.69, 9.17) is 0 Å². The largest absolute Gasteiger partial charge is 0.367 e. The van der Waals surface area contributed by atoms with E-state index in [1.54, 1.807) is 0 Å². The van der Waals surface area contributed by atoms with Crippen LogP contribution in [-0.2, 0) is 0 Å². The molecule has 0 bridgehead atoms. The highest BCUT2D eigenvalue weighted by molar-refractivity contribution is 5.65. The predicted octanol–water partition coefficient (Wildman–Crippen LogP) is 4.03. The molecule has 1 saturated heterocycles. The Morgan fingerprint density at radius 2 is 1.95 bits per heavy atom. The van der Waals surface area contributed by atoms with Crippen molar-refractivity contribution in [3.05, 3.63) is 29.3 Å². The fourth-order valence-electron chi connectivity index (χ4n) is 4.03. The number of nitrogens with zero attached hydrogens (tertiary/aromatic N) is 2. The summed E-state index contributed by atoms with van der Waals surface area (Å²) in [6.45, 7) is 3.26. The Labute approximate surface area is 116 Å². The van der Waals surface area contributed by atoms with Crippen molar-refractivity contribution in [1.82, 2.24) is 0 Å². The molecule has 3 rings (SSSR count). The monoisotopic (exact) mass is 254 g/mol. The van der Waals surface area contributed by atoms with Gasteiger partial charge in [-0.05, 0) is 50.2 Å². The highest BCUT2D eigenvalue weighted by atomic mass is 15.2. The number of hydrogen-bond acceptors (Lipinski definition) is 2. The number of rotatable bonds is 2. The molecule has 0 aromatic heterocycles. The molecule has 2 nitrogen and oxygen atoms in total. The molecule has 1 aliphatic heterocycles. The highest BCUT2D eigenvalue weighted by Gasteiger charge is 2.34. The molecule has 1 saturated carbocycles. The van der Waals surface area contributed by atoms with Crippen molar-refractivity contribution < 1.29 is 0 Å². The van der Waals surface area contributed by atoms with Crippen molar-refractivity contribution in [3.8, 4) is 6.07 Å². The number of benzene rings is 1. The molecule has 1 aromatic carbocycles. The van der Waals surface area contributed by atoms with Crippen molar-refractivity contribution in [1.29, 1.82) is 5.26 Å². The molecule has 0 spiro atoms. The Bertz CT molecular complexity index is 494. The molecule has 1 aromatic rings. The minimum atomic E-state index is 0.677. The smallest absolute Gasteiger partial charge is 0.101 e. The molecule has 2 fully saturated rings. The summed E-state index contributed by atoms with van der Waals surface area (Å²) < 4.78 is 0. The quantitative estimate of drug-likeness (QED) is 0.797. The van der Waals surface area contributed by atoms with Crippen LogP contribution in [0.3, 0.4) is 0 Å². The van der Waals surface area contributed by atoms with Gasteiger partial charge in [-0.15, -0.1) is 0 Å². The first-order valence-corrected chi connectivity index (χ1v) is 7.57. The maximum Gasteiger partial charge on any atom is 0.101 e. The number of aryl methyl sites for hydroxylation is 1. The Kier molecular flexibility index (Phi) is 3.46. The van der Waals surface area contributed by atoms with E-state index >= 15 is 0 Å². The second-order valence-corrected chi connectivity index (χ2v) is 6.03. The molecule has 1 heterocycles. The van der Waals surface area contributed by atoms with E-state index in [1.165, 1.54) is 49.8 Å². The first kappa shape index (κ1) is 12.5. The zero-order chi connectivity index (χ0) is 13.2. The number of anilines is 1. The Balaban J connectivity index is 1.94. The lowest BCUT2D eigenvalue weighted by molar-refractivity contribution is 0.430. The zero-order valence-electron chi connectivity index (χ0n) is 11.7. The minimum absolute atomic E-state index is 0.677. The molecular formula is C17H22N2. The number of hydrogen-bond donors (Lipinski definition) is 0. The van der Waals surface area contributed by atoms with E-state index in [-0.39, 0.29) is 0 Å². The maximum absolute atomic E-state index is 9.38. The Morgan fingerprint density at radius 3 is 2.68 bits per heavy atom. The number of nitriles is 1. The first-order valence-electron chi connectivity index (χ1n) is 7.57. The van der Waals surface area contributed by atoms with Gasteiger partial charge in [0.15, 0.2) is 0 Å². The SMILES string of the molecule is Cc1cccc(C#N)c1N1CCCC1C1CCCC1. The van der Waals surface area contributed by atoms with E-state index in [0.717, 1.165) is 18.0 Å². The van der Waals surface area contributed by atoms with Gasteiger partial charge in [0.2, 0.25) is 0 Å². The summed E-state index contributed by atoms with van der Waals surface area (Å²) in [5.41, 5.74) is 3.31. The fourth-order valence-corrected chi connectivity index (χ4v) is 4.03. The van der Waals surface area contributed by atoms with Crippen LogP contribution in [0.4, 0.5) is 5.69 Å². The molecule has 0 N–H and O–H groups in total. The van der Waals surface area contributed by atoms with E-state index < -0.39 is 0 Å². The van der Waals surface area contributed by atoms with Gasteiger partial charge in [0.05, 0.1) is 11.3 Å². The van der Waals surface area contributed by atoms with Crippen LogP contribution in [0, 0.1) is 24.2 Å². The normalized spacial score (nSPS) is 23.8. The predicted molar refractivity (Wildman–Crippen MR) is 78.2 cm³/mol. The second-order valence-electron chi connectivity index (χ2n) is 6.03. The third-order valence-electron chi connectivity index (χ3n) is 4.89. The van der Waals surface area contributed by atoms with Crippen molar-refractivity contribution >= 4 is 5.69 Å². The van der Waals surface area contributed by atoms with Gasteiger partial charge in [-0.2, -0.15) is 5.26 Å². The van der Waals surface area contributed by atoms with Crippen LogP contribution in [0.25, 0.3) is 0 Å². The molecule has 19 heavy (non-hydrogen) atoms. The average Bonchev–Trinajstić information content (AvgIpc) is 3.08. The standard InChI is InChI=1S/C17H22N2/c1-13-6-4-9-15(12-18)17(13)19-11-5-10-16(19)14-7-2-3-8-14/h4,6,9,14,16H,2-3,5,7-8,10-11H2,1H3. The lowest BCUT2D eigenvalue weighted by atomic mass is 9.95. The minimum Gasteiger partial charge on any atom is -0.367 e. The third kappa shape index (κ3) is 2.23. The lowest BCUT2D eigenvalue weighted by Crippen LogP contribution is -2.35. The van der Waals surface area contributed by atoms with Crippen LogP contribution >= 0.6 is 0 Å². The van der Waals surface area contributed by atoms with E-state index in [9.17, 15) is 5.26 Å². The summed E-state index contributed by atoms with van der Waals surface area (Å²) in [5.74, 6) is 0.855. The Hall–Kier alpha value is -1.49. The van der Waals surface area contributed by atoms with Gasteiger partial charge in [0.25, 0.3) is 0 Å². The van der Waals surface area contributed by atoms with Crippen LogP contribution in [0.15, 0.2) is 18.2 Å². The summed E-state index contributed by atoms with van der Waals surface area (Å²) in [6.07, 6.45) is 8.15. The average molecular weight is 254 g/mol. The van der Waals surface area contributed by atoms with Crippen LogP contribution in [0.1, 0.15) is 49.7 Å². The summed E-state index contributed by atoms with van der Waals surface area (Å²) in [4.78, 5) is 2.55. The Morgan fingerprint density at radius 1 is 1.16 bits per heavy atom. The number of para-hydroxylation sites is 1. The summed E-state index contributed by atoms with van der Waals surface area (Å²) >= 11 is 0. The van der Waals surface area contributed by atoms with Crippen molar-refractivity contribution in [2.24, 2.45) is 5.92 Å². The second kappa shape index (κ2) is 5.25. The molecular weight excluding hydrogens is 232 g/mol. The lowest BCUT2D eigenvalue weighted by Gasteiger charge is -2.33. The van der Waals surface area contributed by atoms with Crippen LogP contribution < -0.4 is 4.90 Å². The summed E-state index contributed by atoms with van der Waals surface area (Å²) in [6, 6.07) is 9.16. The summed E-state index contributed by atoms with van der Waals surface area (Å²) in [7, 11) is 0.